The van der Waals surface area contributed by atoms with Crippen LogP contribution in [-0.2, 0) is 0 Å². The highest BCUT2D eigenvalue weighted by Gasteiger charge is 2.40. The smallest absolute Gasteiger partial charge is 0.261 e. The van der Waals surface area contributed by atoms with E-state index in [9.17, 15) is 24.4 Å². The molecule has 228 valence electrons. The highest BCUT2D eigenvalue weighted by molar-refractivity contribution is 6.43. The number of amides is 4. The predicted octanol–water partition coefficient (Wildman–Crippen LogP) is 8.51. The molecule has 2 heterocycles. The number of rotatable bonds is 8. The Hall–Kier alpha value is -5.34. The topological polar surface area (TPSA) is 103 Å². The first-order valence-corrected chi connectivity index (χ1v) is 16.0. The third-order valence-corrected chi connectivity index (χ3v) is 9.95. The van der Waals surface area contributed by atoms with Crippen molar-refractivity contribution in [3.05, 3.63) is 75.6 Å². The molecule has 0 bridgehead atoms. The van der Waals surface area contributed by atoms with Gasteiger partial charge < -0.3 is 0 Å². The third-order valence-electron chi connectivity index (χ3n) is 9.95. The van der Waals surface area contributed by atoms with Crippen molar-refractivity contribution >= 4 is 72.4 Å². The van der Waals surface area contributed by atoms with Gasteiger partial charge in [-0.1, -0.05) is 51.7 Å². The molecule has 0 aromatic heterocycles. The molecule has 7 rings (SSSR count). The Balaban J connectivity index is 1.59. The van der Waals surface area contributed by atoms with Crippen LogP contribution >= 0.6 is 0 Å². The van der Waals surface area contributed by atoms with Gasteiger partial charge in [0, 0.05) is 44.9 Å². The van der Waals surface area contributed by atoms with Crippen LogP contribution in [0.5, 0.6) is 0 Å². The standard InChI is InChI=1S/C38H32N4O4/c1-6-8-10-19(3)41-35(43)24-15-13-23-32-28(40-5)17-27-31-25(36(44)42(38(27)46)20(4)11-9-7-2)14-12-22(34(31)32)29-21(18-39)16-26(37(41)45)30(24)33(23)29/h12-17,19-20H,6-11H2,1-4H3/t19-,20-/m1/s1. The Labute approximate surface area is 266 Å². The summed E-state index contributed by atoms with van der Waals surface area (Å²) in [5.74, 6) is -1.62. The van der Waals surface area contributed by atoms with Crippen LogP contribution in [-0.4, -0.2) is 45.5 Å². The van der Waals surface area contributed by atoms with E-state index >= 15 is 0 Å². The Kier molecular flexibility index (Phi) is 6.79. The minimum absolute atomic E-state index is 0.234. The fraction of sp³-hybridized carbons (Fsp3) is 0.316. The Morgan fingerprint density at radius 1 is 0.674 bits per heavy atom. The first-order valence-electron chi connectivity index (χ1n) is 16.0. The van der Waals surface area contributed by atoms with Gasteiger partial charge in [0.25, 0.3) is 23.6 Å². The first kappa shape index (κ1) is 29.4. The normalized spacial score (nSPS) is 15.8. The van der Waals surface area contributed by atoms with E-state index in [0.717, 1.165) is 25.7 Å². The maximum Gasteiger partial charge on any atom is 0.261 e. The Bertz CT molecular complexity index is 2130. The van der Waals surface area contributed by atoms with Gasteiger partial charge in [-0.2, -0.15) is 5.26 Å². The second-order valence-corrected chi connectivity index (χ2v) is 12.7. The molecule has 0 radical (unpaired) electrons. The second kappa shape index (κ2) is 10.6. The molecule has 2 aliphatic heterocycles. The van der Waals surface area contributed by atoms with Crippen molar-refractivity contribution in [3.63, 3.8) is 0 Å². The first-order chi connectivity index (χ1) is 22.2. The van der Waals surface area contributed by atoms with Gasteiger partial charge >= 0.3 is 0 Å². The van der Waals surface area contributed by atoms with E-state index in [1.807, 2.05) is 13.8 Å². The van der Waals surface area contributed by atoms with Crippen molar-refractivity contribution in [3.8, 4) is 6.07 Å². The molecular weight excluding hydrogens is 576 g/mol. The molecule has 0 fully saturated rings. The molecule has 0 saturated carbocycles. The molecule has 4 amide bonds. The summed E-state index contributed by atoms with van der Waals surface area (Å²) in [5.41, 5.74) is 1.82. The van der Waals surface area contributed by atoms with E-state index in [2.05, 4.69) is 24.8 Å². The molecule has 5 aromatic rings. The Morgan fingerprint density at radius 2 is 1.13 bits per heavy atom. The molecule has 0 spiro atoms. The number of imide groups is 2. The lowest BCUT2D eigenvalue weighted by atomic mass is 9.80. The zero-order valence-corrected chi connectivity index (χ0v) is 26.3. The van der Waals surface area contributed by atoms with Crippen LogP contribution in [0.1, 0.15) is 113 Å². The van der Waals surface area contributed by atoms with Crippen LogP contribution in [0.15, 0.2) is 36.4 Å². The van der Waals surface area contributed by atoms with Crippen LogP contribution < -0.4 is 0 Å². The number of nitrogens with zero attached hydrogens (tertiary/aromatic N) is 4. The van der Waals surface area contributed by atoms with Crippen LogP contribution in [0.3, 0.4) is 0 Å². The Morgan fingerprint density at radius 3 is 1.61 bits per heavy atom. The summed E-state index contributed by atoms with van der Waals surface area (Å²) in [6, 6.07) is 11.8. The third kappa shape index (κ3) is 3.77. The van der Waals surface area contributed by atoms with E-state index in [0.29, 0.717) is 72.6 Å². The lowest BCUT2D eigenvalue weighted by Gasteiger charge is -2.34. The maximum absolute atomic E-state index is 14.0. The summed E-state index contributed by atoms with van der Waals surface area (Å²) in [4.78, 5) is 62.4. The van der Waals surface area contributed by atoms with Crippen LogP contribution in [0.25, 0.3) is 47.9 Å². The highest BCUT2D eigenvalue weighted by atomic mass is 16.2. The van der Waals surface area contributed by atoms with Crippen LogP contribution in [0, 0.1) is 17.9 Å². The minimum Gasteiger partial charge on any atom is -0.272 e. The average Bonchev–Trinajstić information content (AvgIpc) is 3.06. The molecule has 8 nitrogen and oxygen atoms in total. The van der Waals surface area contributed by atoms with E-state index in [1.54, 1.807) is 36.4 Å². The zero-order valence-electron chi connectivity index (χ0n) is 26.3. The van der Waals surface area contributed by atoms with Crippen LogP contribution in [0.4, 0.5) is 5.69 Å². The quantitative estimate of drug-likeness (QED) is 0.0760. The summed E-state index contributed by atoms with van der Waals surface area (Å²) >= 11 is 0. The average molecular weight is 609 g/mol. The highest BCUT2D eigenvalue weighted by Crippen LogP contribution is 2.50. The van der Waals surface area contributed by atoms with Gasteiger partial charge in [0.2, 0.25) is 0 Å². The summed E-state index contributed by atoms with van der Waals surface area (Å²) in [6.07, 6.45) is 4.96. The molecule has 2 atom stereocenters. The number of carbonyl (C=O) groups is 4. The lowest BCUT2D eigenvalue weighted by Crippen LogP contribution is -2.46. The fourth-order valence-electron chi connectivity index (χ4n) is 7.72. The number of fused-ring (bicyclic) bond motifs is 2. The molecule has 0 unspecified atom stereocenters. The van der Waals surface area contributed by atoms with Gasteiger partial charge in [0.15, 0.2) is 5.69 Å². The number of benzene rings is 5. The summed E-state index contributed by atoms with van der Waals surface area (Å²) in [6.45, 7) is 16.0. The zero-order chi connectivity index (χ0) is 32.6. The molecule has 2 aliphatic rings. The molecule has 0 saturated heterocycles. The number of hydrogen-bond acceptors (Lipinski definition) is 5. The van der Waals surface area contributed by atoms with Crippen molar-refractivity contribution in [2.24, 2.45) is 0 Å². The predicted molar refractivity (Wildman–Crippen MR) is 178 cm³/mol. The van der Waals surface area contributed by atoms with Crippen molar-refractivity contribution in [2.45, 2.75) is 78.3 Å². The number of nitriles is 1. The van der Waals surface area contributed by atoms with Gasteiger partial charge in [-0.15, -0.1) is 0 Å². The van der Waals surface area contributed by atoms with Crippen LogP contribution in [0.2, 0.25) is 0 Å². The number of unbranched alkanes of at least 4 members (excludes halogenated alkanes) is 2. The van der Waals surface area contributed by atoms with Crippen molar-refractivity contribution < 1.29 is 19.2 Å². The van der Waals surface area contributed by atoms with E-state index in [1.165, 1.54) is 9.80 Å². The summed E-state index contributed by atoms with van der Waals surface area (Å²) in [5, 5.41) is 14.8. The monoisotopic (exact) mass is 608 g/mol. The fourth-order valence-corrected chi connectivity index (χ4v) is 7.72. The van der Waals surface area contributed by atoms with E-state index in [4.69, 9.17) is 6.57 Å². The summed E-state index contributed by atoms with van der Waals surface area (Å²) < 4.78 is 0. The maximum atomic E-state index is 14.0. The molecule has 8 heteroatoms. The van der Waals surface area contributed by atoms with Crippen molar-refractivity contribution in [1.29, 1.82) is 5.26 Å². The molecule has 0 N–H and O–H groups in total. The van der Waals surface area contributed by atoms with Gasteiger partial charge in [-0.25, -0.2) is 4.85 Å². The molecule has 0 aliphatic carbocycles. The minimum atomic E-state index is -0.434. The SMILES string of the molecule is [C-]#[N+]c1cc2c3c(ccc4c5c(C#N)cc6c7c(ccc(c1c34)c75)C(=O)N([C@H](C)CCCC)C6=O)C(=O)N([C@H](C)CCCC)C2=O. The van der Waals surface area contributed by atoms with E-state index in [-0.39, 0.29) is 40.7 Å². The largest absolute Gasteiger partial charge is 0.272 e. The number of hydrogen-bond donors (Lipinski definition) is 0. The summed E-state index contributed by atoms with van der Waals surface area (Å²) in [7, 11) is 0. The van der Waals surface area contributed by atoms with Crippen molar-refractivity contribution in [2.75, 3.05) is 0 Å². The molecular formula is C38H32N4O4. The van der Waals surface area contributed by atoms with Gasteiger partial charge in [-0.05, 0) is 77.9 Å². The van der Waals surface area contributed by atoms with Gasteiger partial charge in [-0.3, -0.25) is 29.0 Å². The van der Waals surface area contributed by atoms with E-state index < -0.39 is 11.8 Å². The second-order valence-electron chi connectivity index (χ2n) is 12.7. The molecule has 5 aromatic carbocycles. The lowest BCUT2D eigenvalue weighted by molar-refractivity contribution is 0.0527. The van der Waals surface area contributed by atoms with Gasteiger partial charge in [0.1, 0.15) is 0 Å². The van der Waals surface area contributed by atoms with Gasteiger partial charge in [0.05, 0.1) is 23.8 Å². The number of carbonyl (C=O) groups excluding carboxylic acids is 4. The van der Waals surface area contributed by atoms with Crippen molar-refractivity contribution in [1.82, 2.24) is 9.80 Å². The molecule has 46 heavy (non-hydrogen) atoms.